The van der Waals surface area contributed by atoms with Crippen LogP contribution in [0, 0.1) is 12.8 Å². The number of amides is 1. The molecule has 0 saturated heterocycles. The van der Waals surface area contributed by atoms with Crippen molar-refractivity contribution in [3.8, 4) is 22.6 Å². The number of carbonyl (C=O) groups is 2. The summed E-state index contributed by atoms with van der Waals surface area (Å²) in [6, 6.07) is 18.5. The summed E-state index contributed by atoms with van der Waals surface area (Å²) in [5.41, 5.74) is 3.94. The number of nitrogens with one attached hydrogen (secondary N) is 1. The van der Waals surface area contributed by atoms with Gasteiger partial charge in [-0.15, -0.1) is 13.2 Å². The molecule has 3 rings (SSSR count). The Kier molecular flexibility index (Phi) is 8.74. The molecule has 190 valence electrons. The van der Waals surface area contributed by atoms with Crippen molar-refractivity contribution < 1.29 is 32.2 Å². The van der Waals surface area contributed by atoms with Gasteiger partial charge in [0.15, 0.2) is 0 Å². The Hall–Kier alpha value is -3.81. The molecule has 0 spiro atoms. The molecule has 8 heteroatoms. The first-order valence-electron chi connectivity index (χ1n) is 11.5. The molecule has 0 aliphatic carbocycles. The number of benzene rings is 3. The van der Waals surface area contributed by atoms with Gasteiger partial charge >= 0.3 is 6.36 Å². The number of halogens is 3. The van der Waals surface area contributed by atoms with Crippen LogP contribution in [0.5, 0.6) is 11.5 Å². The van der Waals surface area contributed by atoms with E-state index >= 15 is 0 Å². The number of carbonyl (C=O) groups excluding carboxylic acids is 2. The topological polar surface area (TPSA) is 64.6 Å². The highest BCUT2D eigenvalue weighted by Crippen LogP contribution is 2.33. The monoisotopic (exact) mass is 499 g/mol. The molecule has 0 aliphatic rings. The smallest absolute Gasteiger partial charge is 0.485 e. The lowest BCUT2D eigenvalue weighted by atomic mass is 9.97. The fourth-order valence-corrected chi connectivity index (χ4v) is 3.78. The van der Waals surface area contributed by atoms with Crippen molar-refractivity contribution in [2.24, 2.45) is 5.92 Å². The van der Waals surface area contributed by atoms with Crippen molar-refractivity contribution >= 4 is 12.2 Å². The molecule has 0 fully saturated rings. The van der Waals surface area contributed by atoms with Gasteiger partial charge in [0.25, 0.3) is 5.91 Å². The summed E-state index contributed by atoms with van der Waals surface area (Å²) < 4.78 is 47.5. The average molecular weight is 500 g/mol. The predicted octanol–water partition coefficient (Wildman–Crippen LogP) is 6.66. The highest BCUT2D eigenvalue weighted by molar-refractivity contribution is 5.94. The van der Waals surface area contributed by atoms with E-state index in [4.69, 9.17) is 4.74 Å². The van der Waals surface area contributed by atoms with Gasteiger partial charge in [0.2, 0.25) is 0 Å². The summed E-state index contributed by atoms with van der Waals surface area (Å²) >= 11 is 0. The van der Waals surface area contributed by atoms with Gasteiger partial charge in [-0.3, -0.25) is 4.79 Å². The lowest BCUT2D eigenvalue weighted by molar-refractivity contribution is -0.274. The van der Waals surface area contributed by atoms with E-state index in [1.807, 2.05) is 51.1 Å². The maximum Gasteiger partial charge on any atom is 0.573 e. The fourth-order valence-electron chi connectivity index (χ4n) is 3.78. The molecule has 1 atom stereocenters. The zero-order valence-electron chi connectivity index (χ0n) is 20.3. The van der Waals surface area contributed by atoms with Gasteiger partial charge in [-0.25, -0.2) is 0 Å². The standard InChI is InChI=1S/C28H28F3NO4/c1-18(2)26(21-5-7-22(8-6-21)27(34)32-15-4-16-33)35-24-13-14-25(19(3)17-24)20-9-11-23(12-10-20)36-28(29,30)31/h5-14,16-18,26H,4,15H2,1-3H3,(H,32,34). The molecule has 0 saturated carbocycles. The summed E-state index contributed by atoms with van der Waals surface area (Å²) in [5.74, 6) is 0.281. The zero-order valence-corrected chi connectivity index (χ0v) is 20.3. The van der Waals surface area contributed by atoms with E-state index < -0.39 is 6.36 Å². The Labute approximate surface area is 208 Å². The molecule has 5 nitrogen and oxygen atoms in total. The van der Waals surface area contributed by atoms with Crippen molar-refractivity contribution in [3.05, 3.63) is 83.4 Å². The van der Waals surface area contributed by atoms with Crippen LogP contribution in [-0.2, 0) is 4.79 Å². The summed E-state index contributed by atoms with van der Waals surface area (Å²) in [6.45, 7) is 6.28. The number of rotatable bonds is 10. The summed E-state index contributed by atoms with van der Waals surface area (Å²) in [7, 11) is 0. The molecule has 1 amide bonds. The van der Waals surface area contributed by atoms with Gasteiger partial charge in [0.05, 0.1) is 0 Å². The van der Waals surface area contributed by atoms with E-state index in [9.17, 15) is 22.8 Å². The highest BCUT2D eigenvalue weighted by atomic mass is 19.4. The van der Waals surface area contributed by atoms with E-state index in [-0.39, 0.29) is 30.1 Å². The number of ether oxygens (including phenoxy) is 2. The first kappa shape index (κ1) is 26.8. The lowest BCUT2D eigenvalue weighted by Crippen LogP contribution is -2.24. The third-order valence-electron chi connectivity index (χ3n) is 5.51. The fraction of sp³-hybridized carbons (Fsp3) is 0.286. The molecule has 1 N–H and O–H groups in total. The molecule has 0 aromatic heterocycles. The molecule has 0 heterocycles. The quantitative estimate of drug-likeness (QED) is 0.250. The Bertz CT molecular complexity index is 1170. The van der Waals surface area contributed by atoms with Crippen LogP contribution in [0.15, 0.2) is 66.7 Å². The van der Waals surface area contributed by atoms with Crippen LogP contribution >= 0.6 is 0 Å². The molecule has 0 bridgehead atoms. The van der Waals surface area contributed by atoms with E-state index in [1.165, 1.54) is 12.1 Å². The minimum atomic E-state index is -4.73. The van der Waals surface area contributed by atoms with Gasteiger partial charge in [-0.2, -0.15) is 0 Å². The molecule has 3 aromatic rings. The van der Waals surface area contributed by atoms with Gasteiger partial charge < -0.3 is 19.6 Å². The van der Waals surface area contributed by atoms with Crippen molar-refractivity contribution in [1.29, 1.82) is 0 Å². The SMILES string of the molecule is Cc1cc(OC(c2ccc(C(=O)NCCC=O)cc2)C(C)C)ccc1-c1ccc(OC(F)(F)F)cc1. The summed E-state index contributed by atoms with van der Waals surface area (Å²) in [6.07, 6.45) is -3.97. The summed E-state index contributed by atoms with van der Waals surface area (Å²) in [5, 5.41) is 2.69. The molecule has 1 unspecified atom stereocenters. The Morgan fingerprint density at radius 1 is 0.972 bits per heavy atom. The first-order valence-corrected chi connectivity index (χ1v) is 11.5. The number of hydrogen-bond acceptors (Lipinski definition) is 4. The Morgan fingerprint density at radius 2 is 1.61 bits per heavy atom. The van der Waals surface area contributed by atoms with Crippen molar-refractivity contribution in [2.75, 3.05) is 6.54 Å². The molecular weight excluding hydrogens is 471 g/mol. The van der Waals surface area contributed by atoms with Gasteiger partial charge in [0.1, 0.15) is 23.9 Å². The van der Waals surface area contributed by atoms with Crippen molar-refractivity contribution in [3.63, 3.8) is 0 Å². The average Bonchev–Trinajstić information content (AvgIpc) is 2.82. The van der Waals surface area contributed by atoms with Crippen LogP contribution in [0.25, 0.3) is 11.1 Å². The van der Waals surface area contributed by atoms with Gasteiger partial charge in [-0.1, -0.05) is 44.2 Å². The lowest BCUT2D eigenvalue weighted by Gasteiger charge is -2.24. The third-order valence-corrected chi connectivity index (χ3v) is 5.51. The van der Waals surface area contributed by atoms with E-state index in [1.54, 1.807) is 24.3 Å². The maximum atomic E-state index is 12.4. The molecule has 36 heavy (non-hydrogen) atoms. The van der Waals surface area contributed by atoms with E-state index in [2.05, 4.69) is 10.1 Å². The van der Waals surface area contributed by atoms with Crippen LogP contribution in [-0.4, -0.2) is 25.1 Å². The minimum Gasteiger partial charge on any atom is -0.485 e. The Balaban J connectivity index is 1.73. The largest absolute Gasteiger partial charge is 0.573 e. The number of aldehydes is 1. The molecule has 0 radical (unpaired) electrons. The number of aryl methyl sites for hydroxylation is 1. The van der Waals surface area contributed by atoms with Crippen LogP contribution in [0.1, 0.15) is 47.9 Å². The maximum absolute atomic E-state index is 12.4. The second kappa shape index (κ2) is 11.7. The van der Waals surface area contributed by atoms with E-state index in [0.717, 1.165) is 28.5 Å². The molecular formula is C28H28F3NO4. The summed E-state index contributed by atoms with van der Waals surface area (Å²) in [4.78, 5) is 22.6. The second-order valence-corrected chi connectivity index (χ2v) is 8.66. The highest BCUT2D eigenvalue weighted by Gasteiger charge is 2.31. The van der Waals surface area contributed by atoms with Crippen LogP contribution in [0.2, 0.25) is 0 Å². The van der Waals surface area contributed by atoms with Gasteiger partial charge in [0, 0.05) is 18.5 Å². The van der Waals surface area contributed by atoms with Crippen LogP contribution in [0.4, 0.5) is 13.2 Å². The predicted molar refractivity (Wildman–Crippen MR) is 131 cm³/mol. The zero-order chi connectivity index (χ0) is 26.3. The number of alkyl halides is 3. The molecule has 0 aliphatic heterocycles. The van der Waals surface area contributed by atoms with Crippen molar-refractivity contribution in [1.82, 2.24) is 5.32 Å². The van der Waals surface area contributed by atoms with Crippen molar-refractivity contribution in [2.45, 2.75) is 39.7 Å². The number of hydrogen-bond donors (Lipinski definition) is 1. The normalized spacial score (nSPS) is 12.2. The van der Waals surface area contributed by atoms with Gasteiger partial charge in [-0.05, 0) is 71.5 Å². The Morgan fingerprint density at radius 3 is 2.17 bits per heavy atom. The first-order chi connectivity index (χ1) is 17.1. The van der Waals surface area contributed by atoms with Crippen LogP contribution in [0.3, 0.4) is 0 Å². The molecule has 3 aromatic carbocycles. The third kappa shape index (κ3) is 7.34. The second-order valence-electron chi connectivity index (χ2n) is 8.66. The van der Waals surface area contributed by atoms with E-state index in [0.29, 0.717) is 17.9 Å². The van der Waals surface area contributed by atoms with Crippen LogP contribution < -0.4 is 14.8 Å². The minimum absolute atomic E-state index is 0.137.